The first-order chi connectivity index (χ1) is 9.24. The molecule has 1 aromatic carbocycles. The number of aryl methyl sites for hydroxylation is 1. The van der Waals surface area contributed by atoms with E-state index in [0.29, 0.717) is 12.0 Å². The lowest BCUT2D eigenvalue weighted by Crippen LogP contribution is -2.39. The van der Waals surface area contributed by atoms with Crippen LogP contribution in [-0.4, -0.2) is 6.04 Å². The number of hydrogen-bond acceptors (Lipinski definition) is 2. The predicted molar refractivity (Wildman–Crippen MR) is 83.1 cm³/mol. The van der Waals surface area contributed by atoms with Crippen molar-refractivity contribution >= 4 is 22.9 Å². The summed E-state index contributed by atoms with van der Waals surface area (Å²) in [6.07, 6.45) is 2.40. The summed E-state index contributed by atoms with van der Waals surface area (Å²) in [5.41, 5.74) is 4.15. The molecule has 0 aliphatic heterocycles. The Kier molecular flexibility index (Phi) is 3.92. The van der Waals surface area contributed by atoms with Crippen LogP contribution in [0.3, 0.4) is 0 Å². The van der Waals surface area contributed by atoms with Crippen molar-refractivity contribution in [3.63, 3.8) is 0 Å². The standard InChI is InChI=1S/C16H18ClNS/c1-11-9-19-10-13(11)8-18-14-6-12(7-14)15-4-2-3-5-16(15)17/h2-5,9-10,12,14,18H,6-8H2,1H3. The minimum absolute atomic E-state index is 0.634. The molecule has 1 saturated carbocycles. The van der Waals surface area contributed by atoms with Gasteiger partial charge in [0.25, 0.3) is 0 Å². The third-order valence-electron chi connectivity index (χ3n) is 4.03. The molecule has 0 saturated heterocycles. The molecular formula is C16H18ClNS. The van der Waals surface area contributed by atoms with Gasteiger partial charge >= 0.3 is 0 Å². The second kappa shape index (κ2) is 5.66. The molecule has 1 fully saturated rings. The van der Waals surface area contributed by atoms with Crippen LogP contribution in [0.4, 0.5) is 0 Å². The van der Waals surface area contributed by atoms with Crippen LogP contribution in [-0.2, 0) is 6.54 Å². The molecule has 19 heavy (non-hydrogen) atoms. The summed E-state index contributed by atoms with van der Waals surface area (Å²) in [6, 6.07) is 8.87. The van der Waals surface area contributed by atoms with E-state index in [9.17, 15) is 0 Å². The van der Waals surface area contributed by atoms with Crippen LogP contribution >= 0.6 is 22.9 Å². The maximum Gasteiger partial charge on any atom is 0.0440 e. The molecule has 0 spiro atoms. The average Bonchev–Trinajstić information content (AvgIpc) is 2.75. The van der Waals surface area contributed by atoms with Gasteiger partial charge in [-0.25, -0.2) is 0 Å². The zero-order chi connectivity index (χ0) is 13.2. The number of hydrogen-bond donors (Lipinski definition) is 1. The van der Waals surface area contributed by atoms with Crippen LogP contribution in [0, 0.1) is 6.92 Å². The van der Waals surface area contributed by atoms with Crippen LogP contribution in [0.2, 0.25) is 5.02 Å². The fraction of sp³-hybridized carbons (Fsp3) is 0.375. The number of thiophene rings is 1. The van der Waals surface area contributed by atoms with E-state index in [1.54, 1.807) is 11.3 Å². The van der Waals surface area contributed by atoms with Gasteiger partial charge in [0, 0.05) is 17.6 Å². The molecule has 0 unspecified atom stereocenters. The molecular weight excluding hydrogens is 274 g/mol. The second-order valence-electron chi connectivity index (χ2n) is 5.35. The van der Waals surface area contributed by atoms with Gasteiger partial charge in [0.15, 0.2) is 0 Å². The molecule has 1 aliphatic carbocycles. The molecule has 0 amide bonds. The van der Waals surface area contributed by atoms with Crippen LogP contribution in [0.1, 0.15) is 35.4 Å². The number of nitrogens with one attached hydrogen (secondary N) is 1. The lowest BCUT2D eigenvalue weighted by atomic mass is 9.76. The Labute approximate surface area is 123 Å². The van der Waals surface area contributed by atoms with Gasteiger partial charge in [-0.1, -0.05) is 29.8 Å². The maximum absolute atomic E-state index is 6.24. The average molecular weight is 292 g/mol. The van der Waals surface area contributed by atoms with E-state index in [2.05, 4.69) is 35.1 Å². The minimum Gasteiger partial charge on any atom is -0.310 e. The monoisotopic (exact) mass is 291 g/mol. The normalized spacial score (nSPS) is 22.2. The molecule has 0 atom stereocenters. The Hall–Kier alpha value is -0.830. The SMILES string of the molecule is Cc1cscc1CNC1CC(c2ccccc2Cl)C1. The van der Waals surface area contributed by atoms with Crippen molar-refractivity contribution in [2.45, 2.75) is 38.3 Å². The molecule has 1 aromatic heterocycles. The first-order valence-corrected chi connectivity index (χ1v) is 8.05. The molecule has 0 bridgehead atoms. The van der Waals surface area contributed by atoms with E-state index in [1.165, 1.54) is 29.5 Å². The van der Waals surface area contributed by atoms with Gasteiger partial charge in [0.1, 0.15) is 0 Å². The molecule has 3 heteroatoms. The van der Waals surface area contributed by atoms with Crippen molar-refractivity contribution in [2.75, 3.05) is 0 Å². The number of benzene rings is 1. The Morgan fingerprint density at radius 1 is 1.26 bits per heavy atom. The summed E-state index contributed by atoms with van der Waals surface area (Å²) >= 11 is 8.02. The van der Waals surface area contributed by atoms with Crippen molar-refractivity contribution in [3.05, 3.63) is 56.7 Å². The van der Waals surface area contributed by atoms with E-state index < -0.39 is 0 Å². The van der Waals surface area contributed by atoms with Gasteiger partial charge in [0.2, 0.25) is 0 Å². The van der Waals surface area contributed by atoms with Gasteiger partial charge < -0.3 is 5.32 Å². The fourth-order valence-corrected chi connectivity index (χ4v) is 3.81. The molecule has 1 N–H and O–H groups in total. The quantitative estimate of drug-likeness (QED) is 0.857. The van der Waals surface area contributed by atoms with Crippen molar-refractivity contribution in [3.8, 4) is 0 Å². The van der Waals surface area contributed by atoms with Crippen molar-refractivity contribution < 1.29 is 0 Å². The molecule has 100 valence electrons. The molecule has 3 rings (SSSR count). The summed E-state index contributed by atoms with van der Waals surface area (Å²) < 4.78 is 0. The maximum atomic E-state index is 6.24. The first-order valence-electron chi connectivity index (χ1n) is 6.73. The Bertz CT molecular complexity index is 557. The zero-order valence-corrected chi connectivity index (χ0v) is 12.6. The van der Waals surface area contributed by atoms with Crippen LogP contribution in [0.25, 0.3) is 0 Å². The summed E-state index contributed by atoms with van der Waals surface area (Å²) in [6.45, 7) is 3.18. The van der Waals surface area contributed by atoms with Gasteiger partial charge in [-0.3, -0.25) is 0 Å². The van der Waals surface area contributed by atoms with E-state index in [1.807, 2.05) is 12.1 Å². The highest BCUT2D eigenvalue weighted by Crippen LogP contribution is 2.40. The minimum atomic E-state index is 0.634. The smallest absolute Gasteiger partial charge is 0.0440 e. The van der Waals surface area contributed by atoms with Gasteiger partial charge in [-0.05, 0) is 59.2 Å². The van der Waals surface area contributed by atoms with Gasteiger partial charge in [-0.2, -0.15) is 11.3 Å². The number of halogens is 1. The van der Waals surface area contributed by atoms with Gasteiger partial charge in [0.05, 0.1) is 0 Å². The first kappa shape index (κ1) is 13.2. The number of rotatable bonds is 4. The summed E-state index contributed by atoms with van der Waals surface area (Å²) in [5.74, 6) is 0.634. The van der Waals surface area contributed by atoms with Crippen molar-refractivity contribution in [1.29, 1.82) is 0 Å². The topological polar surface area (TPSA) is 12.0 Å². The largest absolute Gasteiger partial charge is 0.310 e. The molecule has 1 heterocycles. The van der Waals surface area contributed by atoms with Crippen LogP contribution in [0.5, 0.6) is 0 Å². The fourth-order valence-electron chi connectivity index (χ4n) is 2.67. The van der Waals surface area contributed by atoms with E-state index in [4.69, 9.17) is 11.6 Å². The Balaban J connectivity index is 1.51. The van der Waals surface area contributed by atoms with Gasteiger partial charge in [-0.15, -0.1) is 0 Å². The highest BCUT2D eigenvalue weighted by Gasteiger charge is 2.30. The second-order valence-corrected chi connectivity index (χ2v) is 6.50. The third kappa shape index (κ3) is 2.86. The highest BCUT2D eigenvalue weighted by molar-refractivity contribution is 7.08. The van der Waals surface area contributed by atoms with E-state index in [0.717, 1.165) is 11.6 Å². The summed E-state index contributed by atoms with van der Waals surface area (Å²) in [7, 11) is 0. The zero-order valence-electron chi connectivity index (χ0n) is 11.0. The molecule has 1 nitrogen and oxygen atoms in total. The Morgan fingerprint density at radius 2 is 2.05 bits per heavy atom. The van der Waals surface area contributed by atoms with Crippen LogP contribution < -0.4 is 5.32 Å². The van der Waals surface area contributed by atoms with Crippen molar-refractivity contribution in [1.82, 2.24) is 5.32 Å². The van der Waals surface area contributed by atoms with E-state index >= 15 is 0 Å². The van der Waals surface area contributed by atoms with Crippen molar-refractivity contribution in [2.24, 2.45) is 0 Å². The lowest BCUT2D eigenvalue weighted by Gasteiger charge is -2.37. The third-order valence-corrected chi connectivity index (χ3v) is 5.28. The molecule has 1 aliphatic rings. The molecule has 2 aromatic rings. The summed E-state index contributed by atoms with van der Waals surface area (Å²) in [4.78, 5) is 0. The Morgan fingerprint density at radius 3 is 2.74 bits per heavy atom. The molecule has 0 radical (unpaired) electrons. The van der Waals surface area contributed by atoms with E-state index in [-0.39, 0.29) is 0 Å². The highest BCUT2D eigenvalue weighted by atomic mass is 35.5. The summed E-state index contributed by atoms with van der Waals surface area (Å²) in [5, 5.41) is 9.02. The predicted octanol–water partition coefficient (Wildman–Crippen LogP) is 4.75. The lowest BCUT2D eigenvalue weighted by molar-refractivity contribution is 0.289. The van der Waals surface area contributed by atoms with Crippen LogP contribution in [0.15, 0.2) is 35.0 Å².